The van der Waals surface area contributed by atoms with Gasteiger partial charge in [-0.2, -0.15) is 0 Å². The third-order valence-corrected chi connectivity index (χ3v) is 5.34. The van der Waals surface area contributed by atoms with Crippen LogP contribution in [0.3, 0.4) is 0 Å². The van der Waals surface area contributed by atoms with Gasteiger partial charge in [0.05, 0.1) is 0 Å². The molecule has 0 aromatic carbocycles. The zero-order valence-corrected chi connectivity index (χ0v) is 12.1. The highest BCUT2D eigenvalue weighted by Gasteiger charge is 2.37. The average molecular weight is 265 g/mol. The molecule has 0 spiro atoms. The first-order valence-corrected chi connectivity index (χ1v) is 8.02. The van der Waals surface area contributed by atoms with Crippen molar-refractivity contribution >= 4 is 6.03 Å². The zero-order chi connectivity index (χ0) is 13.2. The number of nitrogens with one attached hydrogen (secondary N) is 1. The lowest BCUT2D eigenvalue weighted by Crippen LogP contribution is -2.52. The van der Waals surface area contributed by atoms with E-state index in [0.717, 1.165) is 44.1 Å². The van der Waals surface area contributed by atoms with E-state index >= 15 is 0 Å². The Morgan fingerprint density at radius 1 is 1.16 bits per heavy atom. The van der Waals surface area contributed by atoms with Crippen LogP contribution in [0.1, 0.15) is 39.0 Å². The van der Waals surface area contributed by atoms with Gasteiger partial charge in [0.2, 0.25) is 0 Å². The Morgan fingerprint density at radius 3 is 2.79 bits per heavy atom. The van der Waals surface area contributed by atoms with Gasteiger partial charge >= 0.3 is 6.03 Å². The van der Waals surface area contributed by atoms with E-state index in [9.17, 15) is 4.79 Å². The van der Waals surface area contributed by atoms with Crippen molar-refractivity contribution < 1.29 is 4.79 Å². The van der Waals surface area contributed by atoms with Crippen molar-refractivity contribution in [3.05, 3.63) is 0 Å². The van der Waals surface area contributed by atoms with Crippen LogP contribution in [-0.4, -0.2) is 54.6 Å². The standard InChI is InChI=1S/C15H27N3O/c1-12-4-2-5-13-6-3-8-17(14(12)13)10-11-18-9-7-16-15(18)19/h12-14H,2-11H2,1H3,(H,16,19)/t12-,13-,14+/m1/s1. The Balaban J connectivity index is 1.57. The van der Waals surface area contributed by atoms with Gasteiger partial charge in [-0.1, -0.05) is 13.3 Å². The summed E-state index contributed by atoms with van der Waals surface area (Å²) in [5.74, 6) is 1.76. The molecule has 0 bridgehead atoms. The van der Waals surface area contributed by atoms with E-state index in [1.54, 1.807) is 0 Å². The Morgan fingerprint density at radius 2 is 2.00 bits per heavy atom. The molecular formula is C15H27N3O. The highest BCUT2D eigenvalue weighted by molar-refractivity contribution is 5.76. The molecule has 3 atom stereocenters. The molecule has 1 aliphatic carbocycles. The van der Waals surface area contributed by atoms with Crippen molar-refractivity contribution in [3.63, 3.8) is 0 Å². The number of urea groups is 1. The van der Waals surface area contributed by atoms with Crippen molar-refractivity contribution in [1.82, 2.24) is 15.1 Å². The number of hydrogen-bond acceptors (Lipinski definition) is 2. The molecule has 3 fully saturated rings. The summed E-state index contributed by atoms with van der Waals surface area (Å²) in [6.45, 7) is 7.34. The molecule has 19 heavy (non-hydrogen) atoms. The first-order valence-electron chi connectivity index (χ1n) is 8.02. The number of likely N-dealkylation sites (tertiary alicyclic amines) is 1. The van der Waals surface area contributed by atoms with E-state index in [2.05, 4.69) is 17.1 Å². The molecule has 2 aliphatic heterocycles. The fraction of sp³-hybridized carbons (Fsp3) is 0.933. The van der Waals surface area contributed by atoms with Crippen LogP contribution >= 0.6 is 0 Å². The smallest absolute Gasteiger partial charge is 0.317 e. The molecule has 4 heteroatoms. The Labute approximate surface area is 116 Å². The Kier molecular flexibility index (Phi) is 3.96. The number of rotatable bonds is 3. The van der Waals surface area contributed by atoms with Crippen LogP contribution in [-0.2, 0) is 0 Å². The normalized spacial score (nSPS) is 36.2. The molecular weight excluding hydrogens is 238 g/mol. The summed E-state index contributed by atoms with van der Waals surface area (Å²) in [7, 11) is 0. The van der Waals surface area contributed by atoms with Crippen LogP contribution in [0.4, 0.5) is 4.79 Å². The second kappa shape index (κ2) is 5.70. The summed E-state index contributed by atoms with van der Waals surface area (Å²) >= 11 is 0. The highest BCUT2D eigenvalue weighted by atomic mass is 16.2. The van der Waals surface area contributed by atoms with Crippen LogP contribution in [0, 0.1) is 11.8 Å². The van der Waals surface area contributed by atoms with Crippen molar-refractivity contribution in [1.29, 1.82) is 0 Å². The minimum atomic E-state index is 0.130. The van der Waals surface area contributed by atoms with Crippen LogP contribution in [0.5, 0.6) is 0 Å². The van der Waals surface area contributed by atoms with Crippen molar-refractivity contribution in [2.24, 2.45) is 11.8 Å². The molecule has 108 valence electrons. The third kappa shape index (κ3) is 2.73. The molecule has 2 amide bonds. The zero-order valence-electron chi connectivity index (χ0n) is 12.1. The molecule has 3 rings (SSSR count). The third-order valence-electron chi connectivity index (χ3n) is 5.34. The van der Waals surface area contributed by atoms with Crippen LogP contribution < -0.4 is 5.32 Å². The van der Waals surface area contributed by atoms with Gasteiger partial charge in [-0.15, -0.1) is 0 Å². The number of amides is 2. The molecule has 1 N–H and O–H groups in total. The lowest BCUT2D eigenvalue weighted by atomic mass is 9.73. The summed E-state index contributed by atoms with van der Waals surface area (Å²) in [5.41, 5.74) is 0. The fourth-order valence-corrected chi connectivity index (χ4v) is 4.42. The van der Waals surface area contributed by atoms with Gasteiger partial charge < -0.3 is 10.2 Å². The van der Waals surface area contributed by atoms with Gasteiger partial charge in [-0.3, -0.25) is 4.90 Å². The van der Waals surface area contributed by atoms with Crippen molar-refractivity contribution in [2.75, 3.05) is 32.7 Å². The summed E-state index contributed by atoms with van der Waals surface area (Å²) in [4.78, 5) is 16.2. The van der Waals surface area contributed by atoms with Crippen molar-refractivity contribution in [2.45, 2.75) is 45.1 Å². The molecule has 0 radical (unpaired) electrons. The molecule has 3 aliphatic rings. The molecule has 0 aromatic rings. The summed E-state index contributed by atoms with van der Waals surface area (Å²) in [6.07, 6.45) is 7.01. The van der Waals surface area contributed by atoms with Crippen molar-refractivity contribution in [3.8, 4) is 0 Å². The Bertz CT molecular complexity index is 331. The fourth-order valence-electron chi connectivity index (χ4n) is 4.42. The van der Waals surface area contributed by atoms with E-state index < -0.39 is 0 Å². The van der Waals surface area contributed by atoms with Gasteiger partial charge in [-0.05, 0) is 44.1 Å². The van der Waals surface area contributed by atoms with Gasteiger partial charge in [0.15, 0.2) is 0 Å². The maximum atomic E-state index is 11.6. The number of fused-ring (bicyclic) bond motifs is 1. The van der Waals surface area contributed by atoms with Crippen LogP contribution in [0.15, 0.2) is 0 Å². The first kappa shape index (κ1) is 13.2. The molecule has 4 nitrogen and oxygen atoms in total. The van der Waals surface area contributed by atoms with E-state index in [1.807, 2.05) is 4.90 Å². The average Bonchev–Trinajstić information content (AvgIpc) is 2.82. The monoisotopic (exact) mass is 265 g/mol. The van der Waals surface area contributed by atoms with E-state index in [-0.39, 0.29) is 6.03 Å². The minimum Gasteiger partial charge on any atom is -0.336 e. The summed E-state index contributed by atoms with van der Waals surface area (Å²) < 4.78 is 0. The summed E-state index contributed by atoms with van der Waals surface area (Å²) in [5, 5.41) is 2.89. The SMILES string of the molecule is C[C@@H]1CCC[C@@H]2CCCN(CCN3CCNC3=O)[C@H]21. The molecule has 0 aromatic heterocycles. The number of piperidine rings is 1. The maximum Gasteiger partial charge on any atom is 0.317 e. The summed E-state index contributed by atoms with van der Waals surface area (Å²) in [6, 6.07) is 0.915. The van der Waals surface area contributed by atoms with E-state index in [1.165, 1.54) is 38.6 Å². The first-order chi connectivity index (χ1) is 9.25. The topological polar surface area (TPSA) is 35.6 Å². The van der Waals surface area contributed by atoms with Crippen LogP contribution in [0.25, 0.3) is 0 Å². The maximum absolute atomic E-state index is 11.6. The predicted molar refractivity (Wildman–Crippen MR) is 76.1 cm³/mol. The van der Waals surface area contributed by atoms with Gasteiger partial charge in [0.1, 0.15) is 0 Å². The molecule has 0 unspecified atom stereocenters. The number of hydrogen-bond donors (Lipinski definition) is 1. The molecule has 1 saturated carbocycles. The highest BCUT2D eigenvalue weighted by Crippen LogP contribution is 2.38. The van der Waals surface area contributed by atoms with Gasteiger partial charge in [0.25, 0.3) is 0 Å². The van der Waals surface area contributed by atoms with Gasteiger partial charge in [0, 0.05) is 32.2 Å². The van der Waals surface area contributed by atoms with Crippen LogP contribution in [0.2, 0.25) is 0 Å². The largest absolute Gasteiger partial charge is 0.336 e. The van der Waals surface area contributed by atoms with E-state index in [0.29, 0.717) is 0 Å². The van der Waals surface area contributed by atoms with E-state index in [4.69, 9.17) is 0 Å². The molecule has 2 saturated heterocycles. The second-order valence-electron chi connectivity index (χ2n) is 6.56. The molecule has 2 heterocycles. The minimum absolute atomic E-state index is 0.130. The Hall–Kier alpha value is -0.770. The number of carbonyl (C=O) groups is 1. The van der Waals surface area contributed by atoms with Gasteiger partial charge in [-0.25, -0.2) is 4.79 Å². The second-order valence-corrected chi connectivity index (χ2v) is 6.56. The lowest BCUT2D eigenvalue weighted by molar-refractivity contribution is 0.0221. The quantitative estimate of drug-likeness (QED) is 0.846. The number of carbonyl (C=O) groups excluding carboxylic acids is 1. The predicted octanol–water partition coefficient (Wildman–Crippen LogP) is 1.91. The lowest BCUT2D eigenvalue weighted by Gasteiger charge is -2.47. The number of nitrogens with zero attached hydrogens (tertiary/aromatic N) is 2.